The molecule has 9 heteroatoms. The van der Waals surface area contributed by atoms with Crippen LogP contribution in [-0.2, 0) is 6.54 Å². The van der Waals surface area contributed by atoms with Crippen LogP contribution in [0, 0.1) is 6.92 Å². The van der Waals surface area contributed by atoms with E-state index in [1.165, 1.54) is 11.3 Å². The van der Waals surface area contributed by atoms with Crippen LogP contribution in [-0.4, -0.2) is 34.7 Å². The van der Waals surface area contributed by atoms with Crippen molar-refractivity contribution in [3.8, 4) is 0 Å². The summed E-state index contributed by atoms with van der Waals surface area (Å²) in [6.07, 6.45) is 2.20. The second-order valence-electron chi connectivity index (χ2n) is 8.44. The maximum atomic E-state index is 13.3. The normalized spacial score (nSPS) is 13.5. The molecule has 34 heavy (non-hydrogen) atoms. The monoisotopic (exact) mass is 493 g/mol. The lowest BCUT2D eigenvalue weighted by atomic mass is 10.1. The number of fused-ring (bicyclic) bond motifs is 1. The Balaban J connectivity index is 1.44. The van der Waals surface area contributed by atoms with Gasteiger partial charge in [0.05, 0.1) is 28.5 Å². The van der Waals surface area contributed by atoms with Gasteiger partial charge in [-0.1, -0.05) is 23.7 Å². The Morgan fingerprint density at radius 3 is 2.56 bits per heavy atom. The fourth-order valence-electron chi connectivity index (χ4n) is 4.30. The van der Waals surface area contributed by atoms with Gasteiger partial charge >= 0.3 is 0 Å². The smallest absolute Gasteiger partial charge is 0.265 e. The number of anilines is 2. The molecule has 5 rings (SSSR count). The number of nitrogens with one attached hydrogen (secondary N) is 1. The first-order valence-corrected chi connectivity index (χ1v) is 12.3. The van der Waals surface area contributed by atoms with Crippen LogP contribution < -0.4 is 16.0 Å². The van der Waals surface area contributed by atoms with Crippen LogP contribution >= 0.6 is 22.9 Å². The lowest BCUT2D eigenvalue weighted by Gasteiger charge is -2.22. The summed E-state index contributed by atoms with van der Waals surface area (Å²) in [6, 6.07) is 14.8. The number of hydrogen-bond acceptors (Lipinski definition) is 5. The summed E-state index contributed by atoms with van der Waals surface area (Å²) in [5.74, 6) is -0.746. The number of benzene rings is 2. The molecule has 0 aliphatic carbocycles. The second kappa shape index (κ2) is 9.12. The highest BCUT2D eigenvalue weighted by Crippen LogP contribution is 2.33. The van der Waals surface area contributed by atoms with Crippen molar-refractivity contribution < 1.29 is 9.59 Å². The van der Waals surface area contributed by atoms with E-state index in [4.69, 9.17) is 17.3 Å². The quantitative estimate of drug-likeness (QED) is 0.392. The van der Waals surface area contributed by atoms with Crippen LogP contribution in [0.4, 0.5) is 11.4 Å². The predicted octanol–water partition coefficient (Wildman–Crippen LogP) is 5.06. The Bertz CT molecular complexity index is 1390. The minimum Gasteiger partial charge on any atom is -0.370 e. The van der Waals surface area contributed by atoms with Crippen molar-refractivity contribution in [2.24, 2.45) is 5.73 Å². The van der Waals surface area contributed by atoms with Crippen LogP contribution in [0.1, 0.15) is 44.1 Å². The number of halogens is 1. The van der Waals surface area contributed by atoms with Gasteiger partial charge in [-0.05, 0) is 61.7 Å². The maximum Gasteiger partial charge on any atom is 0.265 e. The van der Waals surface area contributed by atoms with E-state index in [-0.39, 0.29) is 5.91 Å². The molecule has 1 fully saturated rings. The van der Waals surface area contributed by atoms with Gasteiger partial charge in [0.15, 0.2) is 0 Å². The van der Waals surface area contributed by atoms with Crippen molar-refractivity contribution in [3.05, 3.63) is 75.3 Å². The lowest BCUT2D eigenvalue weighted by Crippen LogP contribution is -2.22. The number of primary amides is 1. The molecule has 1 aliphatic rings. The largest absolute Gasteiger partial charge is 0.370 e. The van der Waals surface area contributed by atoms with Crippen molar-refractivity contribution in [2.75, 3.05) is 23.3 Å². The number of thiophene rings is 1. The number of hydrogen-bond donors (Lipinski definition) is 2. The van der Waals surface area contributed by atoms with E-state index in [1.54, 1.807) is 12.1 Å². The van der Waals surface area contributed by atoms with E-state index in [0.717, 1.165) is 53.1 Å². The van der Waals surface area contributed by atoms with Gasteiger partial charge in [-0.3, -0.25) is 14.3 Å². The molecule has 3 heterocycles. The van der Waals surface area contributed by atoms with Crippen LogP contribution in [0.2, 0.25) is 5.02 Å². The molecule has 0 bridgehead atoms. The van der Waals surface area contributed by atoms with E-state index < -0.39 is 5.91 Å². The lowest BCUT2D eigenvalue weighted by molar-refractivity contribution is 0.0996. The summed E-state index contributed by atoms with van der Waals surface area (Å²) in [6.45, 7) is 4.36. The fourth-order valence-corrected chi connectivity index (χ4v) is 5.48. The molecule has 4 aromatic rings. The summed E-state index contributed by atoms with van der Waals surface area (Å²) in [7, 11) is 0. The van der Waals surface area contributed by atoms with Crippen molar-refractivity contribution >= 4 is 56.3 Å². The first-order chi connectivity index (χ1) is 16.4. The van der Waals surface area contributed by atoms with Gasteiger partial charge in [-0.2, -0.15) is 5.10 Å². The zero-order chi connectivity index (χ0) is 23.8. The molecule has 0 saturated carbocycles. The van der Waals surface area contributed by atoms with E-state index in [2.05, 4.69) is 15.3 Å². The number of nitrogens with two attached hydrogens (primary N) is 1. The van der Waals surface area contributed by atoms with E-state index in [1.807, 2.05) is 48.0 Å². The van der Waals surface area contributed by atoms with Gasteiger partial charge in [0.2, 0.25) is 5.91 Å². The van der Waals surface area contributed by atoms with Crippen LogP contribution in [0.3, 0.4) is 0 Å². The van der Waals surface area contributed by atoms with Crippen LogP contribution in [0.15, 0.2) is 48.5 Å². The molecule has 174 valence electrons. The SMILES string of the molecule is Cc1nn(Cc2ccc(Cl)cc2)c2sc(C(=O)Nc3cc(C(N)=O)ccc3N3CCCC3)cc12. The Labute approximate surface area is 206 Å². The first-order valence-electron chi connectivity index (χ1n) is 11.1. The zero-order valence-electron chi connectivity index (χ0n) is 18.7. The predicted molar refractivity (Wildman–Crippen MR) is 137 cm³/mol. The maximum absolute atomic E-state index is 13.3. The third-order valence-electron chi connectivity index (χ3n) is 6.05. The summed E-state index contributed by atoms with van der Waals surface area (Å²) >= 11 is 7.40. The van der Waals surface area contributed by atoms with E-state index in [0.29, 0.717) is 27.7 Å². The minimum absolute atomic E-state index is 0.222. The van der Waals surface area contributed by atoms with Gasteiger partial charge in [-0.15, -0.1) is 11.3 Å². The van der Waals surface area contributed by atoms with Crippen molar-refractivity contribution in [1.29, 1.82) is 0 Å². The number of aromatic nitrogens is 2. The number of carbonyl (C=O) groups excluding carboxylic acids is 2. The Morgan fingerprint density at radius 1 is 1.12 bits per heavy atom. The van der Waals surface area contributed by atoms with E-state index >= 15 is 0 Å². The van der Waals surface area contributed by atoms with E-state index in [9.17, 15) is 9.59 Å². The van der Waals surface area contributed by atoms with Gasteiger partial charge in [0.25, 0.3) is 5.91 Å². The molecule has 0 spiro atoms. The molecule has 2 aromatic carbocycles. The van der Waals surface area contributed by atoms with Crippen molar-refractivity contribution in [3.63, 3.8) is 0 Å². The van der Waals surface area contributed by atoms with Crippen LogP contribution in [0.5, 0.6) is 0 Å². The topological polar surface area (TPSA) is 93.2 Å². The molecule has 2 amide bonds. The summed E-state index contributed by atoms with van der Waals surface area (Å²) in [5, 5.41) is 9.32. The Hall–Kier alpha value is -3.36. The first kappa shape index (κ1) is 22.4. The molecule has 3 N–H and O–H groups in total. The molecule has 1 aliphatic heterocycles. The molecule has 0 unspecified atom stereocenters. The third kappa shape index (κ3) is 4.38. The van der Waals surface area contributed by atoms with Gasteiger partial charge < -0.3 is 16.0 Å². The number of rotatable bonds is 6. The zero-order valence-corrected chi connectivity index (χ0v) is 20.2. The molecule has 1 saturated heterocycles. The number of amides is 2. The van der Waals surface area contributed by atoms with Crippen molar-refractivity contribution in [2.45, 2.75) is 26.3 Å². The summed E-state index contributed by atoms with van der Waals surface area (Å²) in [4.78, 5) is 28.8. The van der Waals surface area contributed by atoms with Gasteiger partial charge in [-0.25, -0.2) is 0 Å². The summed E-state index contributed by atoms with van der Waals surface area (Å²) in [5.41, 5.74) is 9.30. The number of carbonyl (C=O) groups is 2. The number of aryl methyl sites for hydroxylation is 1. The molecular weight excluding hydrogens is 470 g/mol. The van der Waals surface area contributed by atoms with Crippen molar-refractivity contribution in [1.82, 2.24) is 9.78 Å². The Morgan fingerprint density at radius 2 is 1.85 bits per heavy atom. The second-order valence-corrected chi connectivity index (χ2v) is 9.91. The average Bonchev–Trinajstić information content (AvgIpc) is 3.55. The Kier molecular flexibility index (Phi) is 6.02. The molecule has 7 nitrogen and oxygen atoms in total. The molecule has 0 radical (unpaired) electrons. The minimum atomic E-state index is -0.525. The standard InChI is InChI=1S/C25H24ClN5O2S/c1-15-19-13-22(34-25(19)31(29-15)14-16-4-7-18(26)8-5-16)24(33)28-20-12-17(23(27)32)6-9-21(20)30-10-2-3-11-30/h4-9,12-13H,2-3,10-11,14H2,1H3,(H2,27,32)(H,28,33). The summed E-state index contributed by atoms with van der Waals surface area (Å²) < 4.78 is 1.92. The number of nitrogens with zero attached hydrogens (tertiary/aromatic N) is 3. The third-order valence-corrected chi connectivity index (χ3v) is 7.45. The van der Waals surface area contributed by atoms with Gasteiger partial charge in [0, 0.05) is 29.1 Å². The highest BCUT2D eigenvalue weighted by Gasteiger charge is 2.21. The average molecular weight is 494 g/mol. The molecular formula is C25H24ClN5O2S. The fraction of sp³-hybridized carbons (Fsp3) is 0.240. The highest BCUT2D eigenvalue weighted by molar-refractivity contribution is 7.20. The van der Waals surface area contributed by atoms with Gasteiger partial charge in [0.1, 0.15) is 4.83 Å². The molecule has 0 atom stereocenters. The van der Waals surface area contributed by atoms with Crippen LogP contribution in [0.25, 0.3) is 10.2 Å². The molecule has 2 aromatic heterocycles. The highest BCUT2D eigenvalue weighted by atomic mass is 35.5.